The Hall–Kier alpha value is -2.49. The van der Waals surface area contributed by atoms with E-state index in [1.165, 1.54) is 4.31 Å². The maximum absolute atomic E-state index is 13.4. The fourth-order valence-corrected chi connectivity index (χ4v) is 6.55. The van der Waals surface area contributed by atoms with E-state index >= 15 is 0 Å². The lowest BCUT2D eigenvalue weighted by atomic mass is 10.2. The second kappa shape index (κ2) is 8.10. The number of ether oxygens (including phenoxy) is 2. The highest BCUT2D eigenvalue weighted by molar-refractivity contribution is 8.01. The molecule has 0 amide bonds. The molecule has 2 heterocycles. The Morgan fingerprint density at radius 3 is 2.55 bits per heavy atom. The zero-order valence-corrected chi connectivity index (χ0v) is 17.7. The number of rotatable bonds is 6. The lowest BCUT2D eigenvalue weighted by molar-refractivity contribution is 0.382. The molecule has 9 heteroatoms. The van der Waals surface area contributed by atoms with E-state index in [0.29, 0.717) is 23.8 Å². The Labute approximate surface area is 174 Å². The van der Waals surface area contributed by atoms with Crippen molar-refractivity contribution in [3.8, 4) is 17.2 Å². The molecular weight excluding hydrogens is 410 g/mol. The molecule has 1 saturated heterocycles. The van der Waals surface area contributed by atoms with Crippen LogP contribution >= 0.6 is 11.8 Å². The third-order valence-corrected chi connectivity index (χ3v) is 8.02. The molecular formula is C20H21N3O4S2. The number of aromatic nitrogens is 2. The first-order chi connectivity index (χ1) is 14.0. The molecule has 152 valence electrons. The largest absolute Gasteiger partial charge is 0.497 e. The van der Waals surface area contributed by atoms with Crippen LogP contribution in [0.2, 0.25) is 0 Å². The SMILES string of the molecule is COc1ccc(OC)c(C2SCCN2S(=O)(=O)c2ccc(-n3cccn3)cc2)c1. The Morgan fingerprint density at radius 2 is 1.90 bits per heavy atom. The predicted molar refractivity (Wildman–Crippen MR) is 112 cm³/mol. The summed E-state index contributed by atoms with van der Waals surface area (Å²) in [5.74, 6) is 2.00. The van der Waals surface area contributed by atoms with Crippen molar-refractivity contribution < 1.29 is 17.9 Å². The molecule has 0 spiro atoms. The average Bonchev–Trinajstić information content (AvgIpc) is 3.45. The van der Waals surface area contributed by atoms with E-state index < -0.39 is 10.0 Å². The topological polar surface area (TPSA) is 73.7 Å². The highest BCUT2D eigenvalue weighted by atomic mass is 32.2. The number of thioether (sulfide) groups is 1. The molecule has 1 aliphatic heterocycles. The Bertz CT molecular complexity index is 1080. The third-order valence-electron chi connectivity index (χ3n) is 4.76. The molecule has 1 aliphatic rings. The zero-order valence-electron chi connectivity index (χ0n) is 16.1. The molecule has 0 radical (unpaired) electrons. The maximum Gasteiger partial charge on any atom is 0.244 e. The summed E-state index contributed by atoms with van der Waals surface area (Å²) >= 11 is 1.57. The third kappa shape index (κ3) is 3.73. The molecule has 1 unspecified atom stereocenters. The summed E-state index contributed by atoms with van der Waals surface area (Å²) < 4.78 is 40.8. The molecule has 1 aromatic heterocycles. The summed E-state index contributed by atoms with van der Waals surface area (Å²) in [6, 6.07) is 14.0. The van der Waals surface area contributed by atoms with Crippen LogP contribution in [-0.2, 0) is 10.0 Å². The Kier molecular flexibility index (Phi) is 5.53. The van der Waals surface area contributed by atoms with Gasteiger partial charge in [-0.25, -0.2) is 13.1 Å². The number of benzene rings is 2. The lowest BCUT2D eigenvalue weighted by Crippen LogP contribution is -2.30. The Morgan fingerprint density at radius 1 is 1.10 bits per heavy atom. The molecule has 1 atom stereocenters. The van der Waals surface area contributed by atoms with Gasteiger partial charge in [-0.3, -0.25) is 0 Å². The highest BCUT2D eigenvalue weighted by Crippen LogP contribution is 2.45. The number of methoxy groups -OCH3 is 2. The second-order valence-corrected chi connectivity index (χ2v) is 9.47. The van der Waals surface area contributed by atoms with Gasteiger partial charge in [-0.15, -0.1) is 11.8 Å². The van der Waals surface area contributed by atoms with Crippen LogP contribution in [0.25, 0.3) is 5.69 Å². The van der Waals surface area contributed by atoms with Gasteiger partial charge in [-0.2, -0.15) is 9.40 Å². The van der Waals surface area contributed by atoms with Crippen molar-refractivity contribution >= 4 is 21.8 Å². The predicted octanol–water partition coefficient (Wildman–Crippen LogP) is 3.33. The minimum absolute atomic E-state index is 0.253. The van der Waals surface area contributed by atoms with Gasteiger partial charge in [0.25, 0.3) is 0 Å². The van der Waals surface area contributed by atoms with Crippen molar-refractivity contribution in [3.63, 3.8) is 0 Å². The van der Waals surface area contributed by atoms with E-state index in [2.05, 4.69) is 5.10 Å². The Balaban J connectivity index is 1.68. The first-order valence-electron chi connectivity index (χ1n) is 9.00. The molecule has 2 aromatic carbocycles. The molecule has 4 rings (SSSR count). The first kappa shape index (κ1) is 19.8. The summed E-state index contributed by atoms with van der Waals surface area (Å²) in [4.78, 5) is 0.253. The van der Waals surface area contributed by atoms with Crippen LogP contribution in [0.3, 0.4) is 0 Å². The fraction of sp³-hybridized carbons (Fsp3) is 0.250. The van der Waals surface area contributed by atoms with Gasteiger partial charge < -0.3 is 9.47 Å². The summed E-state index contributed by atoms with van der Waals surface area (Å²) in [7, 11) is -0.512. The fourth-order valence-electron chi connectivity index (χ4n) is 3.31. The van der Waals surface area contributed by atoms with Crippen molar-refractivity contribution in [1.82, 2.24) is 14.1 Å². The van der Waals surface area contributed by atoms with Gasteiger partial charge in [0.2, 0.25) is 10.0 Å². The van der Waals surface area contributed by atoms with Crippen molar-refractivity contribution in [2.45, 2.75) is 10.3 Å². The lowest BCUT2D eigenvalue weighted by Gasteiger charge is -2.25. The van der Waals surface area contributed by atoms with Gasteiger partial charge in [-0.1, -0.05) is 0 Å². The van der Waals surface area contributed by atoms with E-state index in [0.717, 1.165) is 11.3 Å². The molecule has 7 nitrogen and oxygen atoms in total. The van der Waals surface area contributed by atoms with Gasteiger partial charge in [0.15, 0.2) is 0 Å². The van der Waals surface area contributed by atoms with E-state index in [1.807, 2.05) is 18.3 Å². The maximum atomic E-state index is 13.4. The second-order valence-electron chi connectivity index (χ2n) is 6.39. The van der Waals surface area contributed by atoms with Crippen LogP contribution in [0.5, 0.6) is 11.5 Å². The molecule has 0 bridgehead atoms. The molecule has 0 N–H and O–H groups in total. The molecule has 0 saturated carbocycles. The number of hydrogen-bond donors (Lipinski definition) is 0. The molecule has 1 fully saturated rings. The molecule has 0 aliphatic carbocycles. The van der Waals surface area contributed by atoms with Crippen molar-refractivity contribution in [2.75, 3.05) is 26.5 Å². The average molecular weight is 432 g/mol. The summed E-state index contributed by atoms with van der Waals surface area (Å²) in [5.41, 5.74) is 1.59. The number of hydrogen-bond acceptors (Lipinski definition) is 6. The summed E-state index contributed by atoms with van der Waals surface area (Å²) in [6.45, 7) is 0.430. The van der Waals surface area contributed by atoms with Crippen molar-refractivity contribution in [2.24, 2.45) is 0 Å². The van der Waals surface area contributed by atoms with Gasteiger partial charge in [0.1, 0.15) is 11.5 Å². The van der Waals surface area contributed by atoms with Gasteiger partial charge in [-0.05, 0) is 48.5 Å². The monoisotopic (exact) mass is 431 g/mol. The van der Waals surface area contributed by atoms with Gasteiger partial charge >= 0.3 is 0 Å². The zero-order chi connectivity index (χ0) is 20.4. The molecule has 3 aromatic rings. The quantitative estimate of drug-likeness (QED) is 0.596. The van der Waals surface area contributed by atoms with E-state index in [4.69, 9.17) is 9.47 Å². The first-order valence-corrected chi connectivity index (χ1v) is 11.5. The van der Waals surface area contributed by atoms with Crippen LogP contribution in [0.1, 0.15) is 10.9 Å². The van der Waals surface area contributed by atoms with Crippen LogP contribution in [0.4, 0.5) is 0 Å². The standard InChI is InChI=1S/C20H21N3O4S2/c1-26-16-6-9-19(27-2)18(14-16)20-23(12-13-28-20)29(24,25)17-7-4-15(5-8-17)22-11-3-10-21-22/h3-11,14,20H,12-13H2,1-2H3. The van der Waals surface area contributed by atoms with Gasteiger partial charge in [0, 0.05) is 30.3 Å². The smallest absolute Gasteiger partial charge is 0.244 e. The van der Waals surface area contributed by atoms with Crippen molar-refractivity contribution in [1.29, 1.82) is 0 Å². The van der Waals surface area contributed by atoms with E-state index in [1.54, 1.807) is 73.3 Å². The van der Waals surface area contributed by atoms with Crippen LogP contribution < -0.4 is 9.47 Å². The normalized spacial score (nSPS) is 17.4. The summed E-state index contributed by atoms with van der Waals surface area (Å²) in [6.07, 6.45) is 3.49. The van der Waals surface area contributed by atoms with E-state index in [9.17, 15) is 8.42 Å². The van der Waals surface area contributed by atoms with Crippen LogP contribution in [0, 0.1) is 0 Å². The van der Waals surface area contributed by atoms with Gasteiger partial charge in [0.05, 0.1) is 30.2 Å². The summed E-state index contributed by atoms with van der Waals surface area (Å²) in [5, 5.41) is 3.79. The number of sulfonamides is 1. The van der Waals surface area contributed by atoms with Crippen molar-refractivity contribution in [3.05, 3.63) is 66.5 Å². The van der Waals surface area contributed by atoms with Crippen LogP contribution in [0.15, 0.2) is 65.8 Å². The minimum Gasteiger partial charge on any atom is -0.497 e. The molecule has 29 heavy (non-hydrogen) atoms. The minimum atomic E-state index is -3.68. The number of nitrogens with zero attached hydrogens (tertiary/aromatic N) is 3. The van der Waals surface area contributed by atoms with Crippen LogP contribution in [-0.4, -0.2) is 49.0 Å². The highest BCUT2D eigenvalue weighted by Gasteiger charge is 2.38. The van der Waals surface area contributed by atoms with E-state index in [-0.39, 0.29) is 10.3 Å².